The van der Waals surface area contributed by atoms with E-state index in [4.69, 9.17) is 9.84 Å². The summed E-state index contributed by atoms with van der Waals surface area (Å²) in [5.74, 6) is -0.779. The van der Waals surface area contributed by atoms with Crippen LogP contribution in [-0.2, 0) is 14.8 Å². The minimum atomic E-state index is -3.58. The first kappa shape index (κ1) is 16.3. The van der Waals surface area contributed by atoms with E-state index in [-0.39, 0.29) is 18.6 Å². The highest BCUT2D eigenvalue weighted by Crippen LogP contribution is 2.26. The molecular formula is C13H19NO5S. The van der Waals surface area contributed by atoms with Crippen LogP contribution in [0, 0.1) is 6.92 Å². The van der Waals surface area contributed by atoms with Crippen LogP contribution < -0.4 is 9.46 Å². The maximum Gasteiger partial charge on any atom is 0.303 e. The van der Waals surface area contributed by atoms with Crippen LogP contribution in [0.3, 0.4) is 0 Å². The van der Waals surface area contributed by atoms with E-state index in [0.29, 0.717) is 18.0 Å². The fourth-order valence-electron chi connectivity index (χ4n) is 1.62. The molecule has 0 heterocycles. The first-order valence-electron chi connectivity index (χ1n) is 6.30. The first-order chi connectivity index (χ1) is 9.34. The zero-order valence-corrected chi connectivity index (χ0v) is 12.4. The molecule has 0 fully saturated rings. The third-order valence-electron chi connectivity index (χ3n) is 2.51. The Hall–Kier alpha value is -1.76. The molecule has 0 saturated heterocycles. The van der Waals surface area contributed by atoms with Gasteiger partial charge in [0.2, 0.25) is 10.0 Å². The Morgan fingerprint density at radius 1 is 1.40 bits per heavy atom. The predicted octanol–water partition coefficient (Wildman–Crippen LogP) is 2.00. The van der Waals surface area contributed by atoms with E-state index in [1.54, 1.807) is 18.2 Å². The van der Waals surface area contributed by atoms with E-state index in [9.17, 15) is 13.2 Å². The maximum atomic E-state index is 11.9. The molecule has 0 aliphatic carbocycles. The van der Waals surface area contributed by atoms with Crippen molar-refractivity contribution in [2.75, 3.05) is 17.1 Å². The minimum Gasteiger partial charge on any atom is -0.492 e. The molecule has 0 saturated carbocycles. The summed E-state index contributed by atoms with van der Waals surface area (Å²) in [5, 5.41) is 8.51. The van der Waals surface area contributed by atoms with E-state index < -0.39 is 16.0 Å². The van der Waals surface area contributed by atoms with Crippen molar-refractivity contribution in [2.24, 2.45) is 0 Å². The van der Waals surface area contributed by atoms with Gasteiger partial charge in [0.25, 0.3) is 0 Å². The molecule has 0 spiro atoms. The Bertz CT molecular complexity index is 568. The normalized spacial score (nSPS) is 11.1. The van der Waals surface area contributed by atoms with Crippen LogP contribution in [0.4, 0.5) is 5.69 Å². The second kappa shape index (κ2) is 7.14. The summed E-state index contributed by atoms with van der Waals surface area (Å²) in [6.45, 7) is 4.12. The molecule has 20 heavy (non-hydrogen) atoms. The molecule has 6 nitrogen and oxygen atoms in total. The van der Waals surface area contributed by atoms with Gasteiger partial charge in [-0.3, -0.25) is 9.52 Å². The van der Waals surface area contributed by atoms with Gasteiger partial charge in [0.15, 0.2) is 0 Å². The monoisotopic (exact) mass is 301 g/mol. The van der Waals surface area contributed by atoms with Crippen LogP contribution in [0.5, 0.6) is 5.75 Å². The summed E-state index contributed by atoms with van der Waals surface area (Å²) in [4.78, 5) is 10.4. The van der Waals surface area contributed by atoms with Crippen LogP contribution in [0.1, 0.15) is 25.3 Å². The predicted molar refractivity (Wildman–Crippen MR) is 76.6 cm³/mol. The van der Waals surface area contributed by atoms with Crippen LogP contribution >= 0.6 is 0 Å². The highest BCUT2D eigenvalue weighted by atomic mass is 32.2. The number of anilines is 1. The van der Waals surface area contributed by atoms with Crippen molar-refractivity contribution in [1.29, 1.82) is 0 Å². The zero-order valence-electron chi connectivity index (χ0n) is 11.5. The van der Waals surface area contributed by atoms with Crippen molar-refractivity contribution in [1.82, 2.24) is 0 Å². The van der Waals surface area contributed by atoms with Crippen LogP contribution in [-0.4, -0.2) is 31.9 Å². The Morgan fingerprint density at radius 3 is 2.70 bits per heavy atom. The average molecular weight is 301 g/mol. The quantitative estimate of drug-likeness (QED) is 0.766. The molecule has 7 heteroatoms. The van der Waals surface area contributed by atoms with Gasteiger partial charge in [0.1, 0.15) is 5.75 Å². The first-order valence-corrected chi connectivity index (χ1v) is 7.95. The molecule has 0 unspecified atom stereocenters. The van der Waals surface area contributed by atoms with E-state index in [1.165, 1.54) is 0 Å². The zero-order chi connectivity index (χ0) is 15.2. The Balaban J connectivity index is 2.78. The maximum absolute atomic E-state index is 11.9. The number of hydrogen-bond donors (Lipinski definition) is 2. The molecule has 0 aromatic heterocycles. The van der Waals surface area contributed by atoms with Gasteiger partial charge in [-0.15, -0.1) is 0 Å². The number of benzene rings is 1. The minimum absolute atomic E-state index is 0.0699. The van der Waals surface area contributed by atoms with Crippen LogP contribution in [0.25, 0.3) is 0 Å². The molecule has 0 radical (unpaired) electrons. The summed E-state index contributed by atoms with van der Waals surface area (Å²) < 4.78 is 31.5. The molecule has 2 N–H and O–H groups in total. The lowest BCUT2D eigenvalue weighted by atomic mass is 10.2. The summed E-state index contributed by atoms with van der Waals surface area (Å²) >= 11 is 0. The molecule has 1 aromatic carbocycles. The fourth-order valence-corrected chi connectivity index (χ4v) is 2.75. The number of hydrogen-bond acceptors (Lipinski definition) is 4. The SMILES string of the molecule is CCOc1cc(C)ccc1NS(=O)(=O)CCCC(=O)O. The molecule has 0 aliphatic heterocycles. The topological polar surface area (TPSA) is 92.7 Å². The van der Waals surface area contributed by atoms with Gasteiger partial charge in [-0.2, -0.15) is 0 Å². The molecule has 1 aromatic rings. The van der Waals surface area contributed by atoms with Gasteiger partial charge in [0.05, 0.1) is 18.0 Å². The standard InChI is InChI=1S/C13H19NO5S/c1-3-19-12-9-10(2)6-7-11(12)14-20(17,18)8-4-5-13(15)16/h6-7,9,14H,3-5,8H2,1-2H3,(H,15,16). The lowest BCUT2D eigenvalue weighted by Gasteiger charge is -2.13. The van der Waals surface area contributed by atoms with E-state index in [2.05, 4.69) is 4.72 Å². The van der Waals surface area contributed by atoms with Gasteiger partial charge in [-0.25, -0.2) is 8.42 Å². The summed E-state index contributed by atoms with van der Waals surface area (Å²) in [5.41, 5.74) is 1.33. The number of sulfonamides is 1. The summed E-state index contributed by atoms with van der Waals surface area (Å²) in [7, 11) is -3.58. The van der Waals surface area contributed by atoms with E-state index >= 15 is 0 Å². The molecule has 0 bridgehead atoms. The molecule has 0 atom stereocenters. The van der Waals surface area contributed by atoms with Crippen molar-refractivity contribution >= 4 is 21.7 Å². The highest BCUT2D eigenvalue weighted by molar-refractivity contribution is 7.92. The molecule has 1 rings (SSSR count). The molecule has 0 aliphatic rings. The summed E-state index contributed by atoms with van der Waals surface area (Å²) in [6.07, 6.45) is -0.104. The van der Waals surface area contributed by atoms with Gasteiger partial charge < -0.3 is 9.84 Å². The summed E-state index contributed by atoms with van der Waals surface area (Å²) in [6, 6.07) is 5.16. The number of aryl methyl sites for hydroxylation is 1. The van der Waals surface area contributed by atoms with Crippen LogP contribution in [0.2, 0.25) is 0 Å². The van der Waals surface area contributed by atoms with Gasteiger partial charge in [-0.1, -0.05) is 6.07 Å². The third kappa shape index (κ3) is 5.48. The fraction of sp³-hybridized carbons (Fsp3) is 0.462. The van der Waals surface area contributed by atoms with Gasteiger partial charge in [-0.05, 0) is 38.0 Å². The number of carbonyl (C=O) groups is 1. The number of nitrogens with one attached hydrogen (secondary N) is 1. The second-order valence-corrected chi connectivity index (χ2v) is 6.19. The van der Waals surface area contributed by atoms with Crippen molar-refractivity contribution in [2.45, 2.75) is 26.7 Å². The number of aliphatic carboxylic acids is 1. The molecule has 0 amide bonds. The van der Waals surface area contributed by atoms with Crippen molar-refractivity contribution in [3.05, 3.63) is 23.8 Å². The second-order valence-electron chi connectivity index (χ2n) is 4.35. The molecular weight excluding hydrogens is 282 g/mol. The van der Waals surface area contributed by atoms with Gasteiger partial charge in [0, 0.05) is 6.42 Å². The Kier molecular flexibility index (Phi) is 5.82. The van der Waals surface area contributed by atoms with Crippen molar-refractivity contribution in [3.8, 4) is 5.75 Å². The van der Waals surface area contributed by atoms with Gasteiger partial charge >= 0.3 is 5.97 Å². The van der Waals surface area contributed by atoms with Crippen molar-refractivity contribution in [3.63, 3.8) is 0 Å². The molecule has 112 valence electrons. The van der Waals surface area contributed by atoms with Crippen LogP contribution in [0.15, 0.2) is 18.2 Å². The van der Waals surface area contributed by atoms with E-state index in [0.717, 1.165) is 5.56 Å². The van der Waals surface area contributed by atoms with E-state index in [1.807, 2.05) is 13.8 Å². The number of carboxylic acids is 1. The Morgan fingerprint density at radius 2 is 2.10 bits per heavy atom. The third-order valence-corrected chi connectivity index (χ3v) is 3.86. The number of ether oxygens (including phenoxy) is 1. The number of carboxylic acid groups (broad SMARTS) is 1. The lowest BCUT2D eigenvalue weighted by molar-refractivity contribution is -0.137. The average Bonchev–Trinajstić information content (AvgIpc) is 2.32. The largest absolute Gasteiger partial charge is 0.492 e. The Labute approximate surface area is 118 Å². The number of rotatable bonds is 8. The highest BCUT2D eigenvalue weighted by Gasteiger charge is 2.14. The smallest absolute Gasteiger partial charge is 0.303 e. The van der Waals surface area contributed by atoms with Crippen molar-refractivity contribution < 1.29 is 23.1 Å². The lowest BCUT2D eigenvalue weighted by Crippen LogP contribution is -2.18.